The first-order valence-corrected chi connectivity index (χ1v) is 7.17. The molecule has 96 valence electrons. The molecule has 1 heterocycles. The minimum absolute atomic E-state index is 0.715. The van der Waals surface area contributed by atoms with E-state index in [2.05, 4.69) is 37.9 Å². The van der Waals surface area contributed by atoms with E-state index in [0.717, 1.165) is 12.1 Å². The van der Waals surface area contributed by atoms with E-state index < -0.39 is 0 Å². The molecule has 1 unspecified atom stereocenters. The van der Waals surface area contributed by atoms with E-state index in [1.54, 1.807) is 0 Å². The third-order valence-electron chi connectivity index (χ3n) is 3.95. The zero-order valence-corrected chi connectivity index (χ0v) is 11.6. The lowest BCUT2D eigenvalue weighted by atomic mass is 10.1. The van der Waals surface area contributed by atoms with Crippen LogP contribution in [0.25, 0.3) is 0 Å². The molecule has 0 radical (unpaired) electrons. The predicted molar refractivity (Wildman–Crippen MR) is 71.9 cm³/mol. The molecule has 0 aliphatic carbocycles. The molecular weight excluding hydrogens is 196 g/mol. The summed E-state index contributed by atoms with van der Waals surface area (Å²) in [6.07, 6.45) is 6.58. The number of rotatable bonds is 5. The van der Waals surface area contributed by atoms with Gasteiger partial charge in [-0.3, -0.25) is 0 Å². The fourth-order valence-electron chi connectivity index (χ4n) is 2.66. The highest BCUT2D eigenvalue weighted by Crippen LogP contribution is 2.14. The molecule has 1 N–H and O–H groups in total. The van der Waals surface area contributed by atoms with Crippen LogP contribution in [0.5, 0.6) is 0 Å². The lowest BCUT2D eigenvalue weighted by molar-refractivity contribution is 0.228. The van der Waals surface area contributed by atoms with Gasteiger partial charge in [-0.25, -0.2) is 0 Å². The van der Waals surface area contributed by atoms with Gasteiger partial charge in [0.15, 0.2) is 0 Å². The quantitative estimate of drug-likeness (QED) is 0.775. The largest absolute Gasteiger partial charge is 0.311 e. The first-order valence-electron chi connectivity index (χ1n) is 7.17. The topological polar surface area (TPSA) is 15.3 Å². The molecule has 1 saturated heterocycles. The Morgan fingerprint density at radius 1 is 1.12 bits per heavy atom. The molecule has 1 aliphatic heterocycles. The molecule has 0 bridgehead atoms. The van der Waals surface area contributed by atoms with E-state index in [1.807, 2.05) is 0 Å². The molecule has 1 fully saturated rings. The fourth-order valence-corrected chi connectivity index (χ4v) is 2.66. The third kappa shape index (κ3) is 4.42. The molecule has 2 heteroatoms. The zero-order chi connectivity index (χ0) is 12.0. The van der Waals surface area contributed by atoms with E-state index in [-0.39, 0.29) is 0 Å². The average molecular weight is 226 g/mol. The van der Waals surface area contributed by atoms with Gasteiger partial charge < -0.3 is 10.2 Å². The maximum atomic E-state index is 3.83. The first kappa shape index (κ1) is 14.0. The van der Waals surface area contributed by atoms with Crippen molar-refractivity contribution in [2.24, 2.45) is 0 Å². The van der Waals surface area contributed by atoms with Crippen LogP contribution in [0.4, 0.5) is 0 Å². The second-order valence-corrected chi connectivity index (χ2v) is 5.44. The van der Waals surface area contributed by atoms with Crippen molar-refractivity contribution in [2.45, 2.75) is 77.9 Å². The molecular formula is C14H30N2. The first-order chi connectivity index (χ1) is 7.67. The highest BCUT2D eigenvalue weighted by atomic mass is 15.1. The molecule has 1 atom stereocenters. The summed E-state index contributed by atoms with van der Waals surface area (Å²) in [5.41, 5.74) is 0. The molecule has 0 spiro atoms. The van der Waals surface area contributed by atoms with E-state index in [9.17, 15) is 0 Å². The highest BCUT2D eigenvalue weighted by molar-refractivity contribution is 4.79. The lowest BCUT2D eigenvalue weighted by Crippen LogP contribution is -2.38. The fraction of sp³-hybridized carbons (Fsp3) is 1.00. The highest BCUT2D eigenvalue weighted by Gasteiger charge is 2.19. The van der Waals surface area contributed by atoms with Crippen LogP contribution in [0.1, 0.15) is 59.8 Å². The van der Waals surface area contributed by atoms with Crippen molar-refractivity contribution in [1.82, 2.24) is 10.2 Å². The van der Waals surface area contributed by atoms with E-state index >= 15 is 0 Å². The van der Waals surface area contributed by atoms with E-state index in [4.69, 9.17) is 0 Å². The molecule has 0 aromatic rings. The van der Waals surface area contributed by atoms with Gasteiger partial charge in [-0.05, 0) is 59.0 Å². The average Bonchev–Trinajstić information content (AvgIpc) is 2.51. The van der Waals surface area contributed by atoms with Crippen molar-refractivity contribution >= 4 is 0 Å². The van der Waals surface area contributed by atoms with Crippen molar-refractivity contribution in [3.05, 3.63) is 0 Å². The lowest BCUT2D eigenvalue weighted by Gasteiger charge is -2.25. The smallest absolute Gasteiger partial charge is 0.00823 e. The van der Waals surface area contributed by atoms with Crippen LogP contribution in [0, 0.1) is 0 Å². The van der Waals surface area contributed by atoms with Crippen LogP contribution in [0.2, 0.25) is 0 Å². The minimum atomic E-state index is 0.715. The number of likely N-dealkylation sites (tertiary alicyclic amines) is 1. The monoisotopic (exact) mass is 226 g/mol. The Kier molecular flexibility index (Phi) is 6.37. The van der Waals surface area contributed by atoms with Crippen molar-refractivity contribution < 1.29 is 0 Å². The second-order valence-electron chi connectivity index (χ2n) is 5.44. The van der Waals surface area contributed by atoms with Gasteiger partial charge >= 0.3 is 0 Å². The van der Waals surface area contributed by atoms with E-state index in [0.29, 0.717) is 6.04 Å². The van der Waals surface area contributed by atoms with Gasteiger partial charge in [0, 0.05) is 18.1 Å². The summed E-state index contributed by atoms with van der Waals surface area (Å²) in [4.78, 5) is 2.62. The molecule has 1 rings (SSSR count). The summed E-state index contributed by atoms with van der Waals surface area (Å²) in [5.74, 6) is 0. The maximum Gasteiger partial charge on any atom is 0.00823 e. The van der Waals surface area contributed by atoms with Gasteiger partial charge in [0.2, 0.25) is 0 Å². The Morgan fingerprint density at radius 2 is 1.81 bits per heavy atom. The van der Waals surface area contributed by atoms with Crippen LogP contribution in [0.15, 0.2) is 0 Å². The summed E-state index contributed by atoms with van der Waals surface area (Å²) in [5, 5.41) is 3.83. The summed E-state index contributed by atoms with van der Waals surface area (Å²) in [6, 6.07) is 2.20. The van der Waals surface area contributed by atoms with Gasteiger partial charge in [-0.15, -0.1) is 0 Å². The predicted octanol–water partition coefficient (Wildman–Crippen LogP) is 3.03. The van der Waals surface area contributed by atoms with Crippen LogP contribution >= 0.6 is 0 Å². The standard InChI is InChI=1S/C14H30N2/c1-5-13(6-2)15-14-8-7-10-16(11-9-14)12(3)4/h12-15H,5-11H2,1-4H3. The van der Waals surface area contributed by atoms with Gasteiger partial charge in [0.25, 0.3) is 0 Å². The number of hydrogen-bond donors (Lipinski definition) is 1. The molecule has 0 aromatic carbocycles. The Morgan fingerprint density at radius 3 is 2.38 bits per heavy atom. The SMILES string of the molecule is CCC(CC)NC1CCCN(C(C)C)CC1. The molecule has 16 heavy (non-hydrogen) atoms. The van der Waals surface area contributed by atoms with Crippen molar-refractivity contribution in [3.8, 4) is 0 Å². The van der Waals surface area contributed by atoms with Crippen LogP contribution < -0.4 is 5.32 Å². The number of hydrogen-bond acceptors (Lipinski definition) is 2. The number of nitrogens with zero attached hydrogens (tertiary/aromatic N) is 1. The van der Waals surface area contributed by atoms with Crippen molar-refractivity contribution in [2.75, 3.05) is 13.1 Å². The minimum Gasteiger partial charge on any atom is -0.311 e. The zero-order valence-electron chi connectivity index (χ0n) is 11.6. The Hall–Kier alpha value is -0.0800. The van der Waals surface area contributed by atoms with Gasteiger partial charge in [-0.1, -0.05) is 13.8 Å². The van der Waals surface area contributed by atoms with Crippen molar-refractivity contribution in [3.63, 3.8) is 0 Å². The molecule has 1 aliphatic rings. The number of nitrogens with one attached hydrogen (secondary N) is 1. The normalized spacial score (nSPS) is 24.0. The van der Waals surface area contributed by atoms with Gasteiger partial charge in [0.1, 0.15) is 0 Å². The van der Waals surface area contributed by atoms with Crippen LogP contribution in [-0.4, -0.2) is 36.1 Å². The van der Waals surface area contributed by atoms with Crippen LogP contribution in [-0.2, 0) is 0 Å². The summed E-state index contributed by atoms with van der Waals surface area (Å²) >= 11 is 0. The molecule has 0 aromatic heterocycles. The Balaban J connectivity index is 2.35. The molecule has 0 amide bonds. The molecule has 0 saturated carbocycles. The van der Waals surface area contributed by atoms with Gasteiger partial charge in [0.05, 0.1) is 0 Å². The Bertz CT molecular complexity index is 176. The second kappa shape index (κ2) is 7.29. The summed E-state index contributed by atoms with van der Waals surface area (Å²) in [7, 11) is 0. The Labute approximate surface area is 102 Å². The van der Waals surface area contributed by atoms with Crippen molar-refractivity contribution in [1.29, 1.82) is 0 Å². The van der Waals surface area contributed by atoms with Gasteiger partial charge in [-0.2, -0.15) is 0 Å². The molecule has 2 nitrogen and oxygen atoms in total. The summed E-state index contributed by atoms with van der Waals surface area (Å²) in [6.45, 7) is 11.8. The summed E-state index contributed by atoms with van der Waals surface area (Å²) < 4.78 is 0. The van der Waals surface area contributed by atoms with E-state index in [1.165, 1.54) is 45.2 Å². The van der Waals surface area contributed by atoms with Crippen LogP contribution in [0.3, 0.4) is 0 Å². The maximum absolute atomic E-state index is 3.83. The third-order valence-corrected chi connectivity index (χ3v) is 3.95.